The molecule has 0 radical (unpaired) electrons. The van der Waals surface area contributed by atoms with Gasteiger partial charge in [0, 0.05) is 12.4 Å². The number of hydrogen-bond acceptors (Lipinski definition) is 5. The van der Waals surface area contributed by atoms with Crippen LogP contribution in [-0.2, 0) is 4.74 Å². The molecule has 1 aromatic rings. The number of rotatable bonds is 2. The van der Waals surface area contributed by atoms with Gasteiger partial charge in [-0.1, -0.05) is 6.92 Å². The summed E-state index contributed by atoms with van der Waals surface area (Å²) >= 11 is 1.48. The van der Waals surface area contributed by atoms with Crippen molar-refractivity contribution in [2.24, 2.45) is 4.99 Å². The topological polar surface area (TPSA) is 46.5 Å². The van der Waals surface area contributed by atoms with Crippen molar-refractivity contribution in [2.45, 2.75) is 18.2 Å². The predicted octanol–water partition coefficient (Wildman–Crippen LogP) is 2.11. The van der Waals surface area contributed by atoms with Crippen LogP contribution < -0.4 is 4.72 Å². The first-order valence-electron chi connectivity index (χ1n) is 4.48. The first-order valence-corrected chi connectivity index (χ1v) is 5.30. The second-order valence-corrected chi connectivity index (χ2v) is 3.66. The molecule has 14 heavy (non-hydrogen) atoms. The summed E-state index contributed by atoms with van der Waals surface area (Å²) < 4.78 is 8.40. The van der Waals surface area contributed by atoms with Crippen LogP contribution in [0.5, 0.6) is 0 Å². The number of fused-ring (bicyclic) bond motifs is 1. The Balaban J connectivity index is 2.14. The molecule has 0 aliphatic carbocycles. The van der Waals surface area contributed by atoms with Crippen LogP contribution in [0.25, 0.3) is 0 Å². The lowest BCUT2D eigenvalue weighted by atomic mass is 10.4. The first kappa shape index (κ1) is 9.33. The summed E-state index contributed by atoms with van der Waals surface area (Å²) in [7, 11) is 0. The van der Waals surface area contributed by atoms with Gasteiger partial charge in [-0.25, -0.2) is 0 Å². The van der Waals surface area contributed by atoms with Gasteiger partial charge in [-0.3, -0.25) is 9.71 Å². The fraction of sp³-hybridized carbons (Fsp3) is 0.333. The molecule has 2 rings (SSSR count). The molecule has 1 aliphatic rings. The van der Waals surface area contributed by atoms with Gasteiger partial charge < -0.3 is 4.74 Å². The molecule has 0 amide bonds. The highest BCUT2D eigenvalue weighted by Gasteiger charge is 2.12. The van der Waals surface area contributed by atoms with Crippen LogP contribution in [-0.4, -0.2) is 17.6 Å². The Morgan fingerprint density at radius 2 is 2.50 bits per heavy atom. The van der Waals surface area contributed by atoms with Gasteiger partial charge in [-0.2, -0.15) is 4.99 Å². The van der Waals surface area contributed by atoms with E-state index < -0.39 is 0 Å². The molecule has 0 bridgehead atoms. The number of hydrogen-bond donors (Lipinski definition) is 1. The molecule has 0 aromatic carbocycles. The van der Waals surface area contributed by atoms with Gasteiger partial charge in [0.25, 0.3) is 0 Å². The van der Waals surface area contributed by atoms with Crippen LogP contribution >= 0.6 is 11.9 Å². The second kappa shape index (κ2) is 4.32. The largest absolute Gasteiger partial charge is 0.464 e. The average molecular weight is 209 g/mol. The monoisotopic (exact) mass is 209 g/mol. The van der Waals surface area contributed by atoms with Gasteiger partial charge in [-0.15, -0.1) is 0 Å². The zero-order valence-electron chi connectivity index (χ0n) is 7.86. The Kier molecular flexibility index (Phi) is 2.88. The summed E-state index contributed by atoms with van der Waals surface area (Å²) in [6, 6.07) is 2.45. The third-order valence-corrected chi connectivity index (χ3v) is 2.49. The molecule has 0 unspecified atom stereocenters. The number of nitrogens with one attached hydrogen (secondary N) is 1. The van der Waals surface area contributed by atoms with Crippen molar-refractivity contribution in [3.8, 4) is 0 Å². The zero-order valence-corrected chi connectivity index (χ0v) is 8.67. The fourth-order valence-corrected chi connectivity index (χ4v) is 1.67. The van der Waals surface area contributed by atoms with Crippen molar-refractivity contribution in [1.82, 2.24) is 9.71 Å². The van der Waals surface area contributed by atoms with Gasteiger partial charge in [0.15, 0.2) is 0 Å². The van der Waals surface area contributed by atoms with E-state index in [1.807, 2.05) is 6.07 Å². The molecule has 0 spiro atoms. The van der Waals surface area contributed by atoms with Gasteiger partial charge in [-0.05, 0) is 24.4 Å². The molecule has 0 fully saturated rings. The number of pyridine rings is 1. The summed E-state index contributed by atoms with van der Waals surface area (Å²) in [6.07, 6.45) is 4.49. The van der Waals surface area contributed by atoms with Crippen LogP contribution in [0.3, 0.4) is 0 Å². The maximum Gasteiger partial charge on any atom is 0.300 e. The summed E-state index contributed by atoms with van der Waals surface area (Å²) in [5.74, 6) is 0. The van der Waals surface area contributed by atoms with Crippen molar-refractivity contribution >= 4 is 23.7 Å². The molecule has 4 nitrogen and oxygen atoms in total. The van der Waals surface area contributed by atoms with Crippen LogP contribution in [0.1, 0.15) is 13.3 Å². The lowest BCUT2D eigenvalue weighted by Gasteiger charge is -2.15. The third kappa shape index (κ3) is 1.98. The summed E-state index contributed by atoms with van der Waals surface area (Å²) in [4.78, 5) is 9.34. The van der Waals surface area contributed by atoms with E-state index in [1.54, 1.807) is 12.4 Å². The van der Waals surface area contributed by atoms with Gasteiger partial charge in [0.1, 0.15) is 0 Å². The Labute approximate surface area is 86.9 Å². The third-order valence-electron chi connectivity index (χ3n) is 1.68. The minimum Gasteiger partial charge on any atom is -0.464 e. The molecule has 0 saturated carbocycles. The van der Waals surface area contributed by atoms with Crippen LogP contribution in [0, 0.1) is 0 Å². The first-order chi connectivity index (χ1) is 6.90. The highest BCUT2D eigenvalue weighted by molar-refractivity contribution is 7.98. The Bertz CT molecular complexity index is 354. The highest BCUT2D eigenvalue weighted by atomic mass is 32.2. The molecule has 1 N–H and O–H groups in total. The van der Waals surface area contributed by atoms with Crippen molar-refractivity contribution in [1.29, 1.82) is 0 Å². The second-order valence-electron chi connectivity index (χ2n) is 2.81. The lowest BCUT2D eigenvalue weighted by Crippen LogP contribution is -2.22. The normalized spacial score (nSPS) is 13.9. The van der Waals surface area contributed by atoms with Gasteiger partial charge in [0.05, 0.1) is 17.2 Å². The van der Waals surface area contributed by atoms with E-state index in [0.29, 0.717) is 12.6 Å². The van der Waals surface area contributed by atoms with Gasteiger partial charge >= 0.3 is 6.02 Å². The Morgan fingerprint density at radius 3 is 3.36 bits per heavy atom. The molecule has 0 saturated heterocycles. The number of aromatic nitrogens is 1. The zero-order chi connectivity index (χ0) is 9.80. The molecular formula is C9H11N3OS. The predicted molar refractivity (Wildman–Crippen MR) is 56.6 cm³/mol. The number of aliphatic imine (C=N–C) groups is 1. The van der Waals surface area contributed by atoms with E-state index >= 15 is 0 Å². The van der Waals surface area contributed by atoms with E-state index in [1.165, 1.54) is 11.9 Å². The minimum absolute atomic E-state index is 0.579. The summed E-state index contributed by atoms with van der Waals surface area (Å²) in [5, 5.41) is 0. The minimum atomic E-state index is 0.579. The fourth-order valence-electron chi connectivity index (χ4n) is 1.03. The van der Waals surface area contributed by atoms with Crippen LogP contribution in [0.15, 0.2) is 28.3 Å². The smallest absolute Gasteiger partial charge is 0.300 e. The van der Waals surface area contributed by atoms with E-state index in [4.69, 9.17) is 4.74 Å². The molecule has 0 atom stereocenters. The van der Waals surface area contributed by atoms with Crippen LogP contribution in [0.4, 0.5) is 5.69 Å². The van der Waals surface area contributed by atoms with Crippen molar-refractivity contribution in [2.75, 3.05) is 6.61 Å². The molecule has 2 heterocycles. The standard InChI is InChI=1S/C9H11N3OS/c1-2-5-13-9-11-7-3-4-10-6-8(7)14-12-9/h3-4,6H,2,5H2,1H3,(H,11,12). The highest BCUT2D eigenvalue weighted by Crippen LogP contribution is 2.29. The lowest BCUT2D eigenvalue weighted by molar-refractivity contribution is 0.296. The maximum atomic E-state index is 5.39. The van der Waals surface area contributed by atoms with E-state index in [2.05, 4.69) is 21.6 Å². The molecule has 1 aliphatic heterocycles. The summed E-state index contributed by atoms with van der Waals surface area (Å²) in [5.41, 5.74) is 0.912. The van der Waals surface area contributed by atoms with E-state index in [9.17, 15) is 0 Å². The Hall–Kier alpha value is -1.23. The van der Waals surface area contributed by atoms with Crippen molar-refractivity contribution < 1.29 is 4.74 Å². The molecule has 74 valence electrons. The quantitative estimate of drug-likeness (QED) is 0.758. The SMILES string of the molecule is CCCOC1=Nc2ccncc2SN1. The molecular weight excluding hydrogens is 198 g/mol. The van der Waals surface area contributed by atoms with Crippen molar-refractivity contribution in [3.63, 3.8) is 0 Å². The Morgan fingerprint density at radius 1 is 1.57 bits per heavy atom. The van der Waals surface area contributed by atoms with E-state index in [-0.39, 0.29) is 0 Å². The molecule has 5 heteroatoms. The van der Waals surface area contributed by atoms with Crippen LogP contribution in [0.2, 0.25) is 0 Å². The van der Waals surface area contributed by atoms with Gasteiger partial charge in [0.2, 0.25) is 0 Å². The van der Waals surface area contributed by atoms with Crippen molar-refractivity contribution in [3.05, 3.63) is 18.5 Å². The number of ether oxygens (including phenoxy) is 1. The van der Waals surface area contributed by atoms with E-state index in [0.717, 1.165) is 17.0 Å². The average Bonchev–Trinajstić information content (AvgIpc) is 2.26. The number of nitrogens with zero attached hydrogens (tertiary/aromatic N) is 2. The number of amidine groups is 1. The molecule has 1 aromatic heterocycles. The maximum absolute atomic E-state index is 5.39. The summed E-state index contributed by atoms with van der Waals surface area (Å²) in [6.45, 7) is 2.75.